The van der Waals surface area contributed by atoms with E-state index in [2.05, 4.69) is 17.9 Å². The third-order valence-electron chi connectivity index (χ3n) is 7.74. The van der Waals surface area contributed by atoms with Crippen LogP contribution in [0.2, 0.25) is 0 Å². The van der Waals surface area contributed by atoms with Gasteiger partial charge in [0.2, 0.25) is 0 Å². The van der Waals surface area contributed by atoms with Crippen LogP contribution >= 0.6 is 0 Å². The van der Waals surface area contributed by atoms with Crippen molar-refractivity contribution < 1.29 is 9.84 Å². The van der Waals surface area contributed by atoms with Crippen LogP contribution in [0.1, 0.15) is 56.6 Å². The van der Waals surface area contributed by atoms with Crippen molar-refractivity contribution >= 4 is 0 Å². The minimum Gasteiger partial charge on any atom is -0.508 e. The molecule has 0 amide bonds. The molecule has 2 aliphatic carbocycles. The minimum absolute atomic E-state index is 0.0956. The Kier molecular flexibility index (Phi) is 3.31. The van der Waals surface area contributed by atoms with Gasteiger partial charge in [0.15, 0.2) is 0 Å². The monoisotopic (exact) mass is 327 g/mol. The molecule has 1 N–H and O–H groups in total. The molecule has 5 rings (SSSR count). The number of ether oxygens (including phenoxy) is 1. The van der Waals surface area contributed by atoms with Crippen LogP contribution in [0.15, 0.2) is 18.2 Å². The highest BCUT2D eigenvalue weighted by molar-refractivity contribution is 5.47. The highest BCUT2D eigenvalue weighted by Gasteiger charge is 2.62. The molecule has 2 saturated heterocycles. The molecule has 3 nitrogen and oxygen atoms in total. The number of phenolic OH excluding ortho intramolecular Hbond substituents is 1. The molecule has 3 fully saturated rings. The first-order valence-corrected chi connectivity index (χ1v) is 9.83. The number of nitrogens with zero attached hydrogens (tertiary/aromatic N) is 1. The second-order valence-corrected chi connectivity index (χ2v) is 8.74. The lowest BCUT2D eigenvalue weighted by Crippen LogP contribution is -2.72. The third kappa shape index (κ3) is 1.91. The van der Waals surface area contributed by atoms with Gasteiger partial charge in [-0.2, -0.15) is 0 Å². The second-order valence-electron chi connectivity index (χ2n) is 8.74. The van der Waals surface area contributed by atoms with Gasteiger partial charge in [-0.25, -0.2) is 0 Å². The minimum atomic E-state index is -0.103. The smallest absolute Gasteiger partial charge is 0.115 e. The van der Waals surface area contributed by atoms with E-state index in [0.717, 1.165) is 25.4 Å². The Morgan fingerprint density at radius 2 is 2.12 bits per heavy atom. The predicted molar refractivity (Wildman–Crippen MR) is 94.4 cm³/mol. The number of aromatic hydroxyl groups is 1. The molecular formula is C21H29NO2. The van der Waals surface area contributed by atoms with Gasteiger partial charge < -0.3 is 9.84 Å². The Morgan fingerprint density at radius 1 is 1.25 bits per heavy atom. The fraction of sp³-hybridized carbons (Fsp3) is 0.714. The summed E-state index contributed by atoms with van der Waals surface area (Å²) in [6, 6.07) is 6.57. The van der Waals surface area contributed by atoms with Crippen LogP contribution in [-0.4, -0.2) is 41.3 Å². The summed E-state index contributed by atoms with van der Waals surface area (Å²) >= 11 is 0. The van der Waals surface area contributed by atoms with Crippen molar-refractivity contribution in [2.24, 2.45) is 5.92 Å². The van der Waals surface area contributed by atoms with Gasteiger partial charge in [0.25, 0.3) is 0 Å². The average molecular weight is 327 g/mol. The highest BCUT2D eigenvalue weighted by Crippen LogP contribution is 2.57. The number of likely N-dealkylation sites (tertiary alicyclic amines) is 1. The van der Waals surface area contributed by atoms with Gasteiger partial charge >= 0.3 is 0 Å². The summed E-state index contributed by atoms with van der Waals surface area (Å²) < 4.78 is 6.56. The molecule has 3 atom stereocenters. The lowest BCUT2D eigenvalue weighted by atomic mass is 9.52. The second kappa shape index (κ2) is 5.22. The normalized spacial score (nSPS) is 39.0. The summed E-state index contributed by atoms with van der Waals surface area (Å²) in [5.41, 5.74) is 2.81. The molecule has 2 bridgehead atoms. The topological polar surface area (TPSA) is 32.7 Å². The van der Waals surface area contributed by atoms with E-state index in [4.69, 9.17) is 4.74 Å². The van der Waals surface area contributed by atoms with Crippen LogP contribution in [-0.2, 0) is 16.6 Å². The lowest BCUT2D eigenvalue weighted by Gasteiger charge is -2.64. The summed E-state index contributed by atoms with van der Waals surface area (Å²) in [7, 11) is 0. The zero-order valence-electron chi connectivity index (χ0n) is 14.8. The molecule has 0 aromatic heterocycles. The molecule has 0 radical (unpaired) electrons. The van der Waals surface area contributed by atoms with Gasteiger partial charge in [0.1, 0.15) is 5.75 Å². The quantitative estimate of drug-likeness (QED) is 0.900. The van der Waals surface area contributed by atoms with E-state index in [-0.39, 0.29) is 11.0 Å². The van der Waals surface area contributed by atoms with Crippen LogP contribution in [0.25, 0.3) is 0 Å². The van der Waals surface area contributed by atoms with Gasteiger partial charge in [-0.1, -0.05) is 12.5 Å². The zero-order chi connectivity index (χ0) is 16.4. The molecule has 0 unspecified atom stereocenters. The van der Waals surface area contributed by atoms with Crippen LogP contribution in [0.4, 0.5) is 0 Å². The summed E-state index contributed by atoms with van der Waals surface area (Å²) in [6.45, 7) is 5.71. The first-order valence-electron chi connectivity index (χ1n) is 9.83. The van der Waals surface area contributed by atoms with Crippen LogP contribution in [0.5, 0.6) is 5.75 Å². The summed E-state index contributed by atoms with van der Waals surface area (Å²) in [4.78, 5) is 2.75. The molecule has 0 spiro atoms. The largest absolute Gasteiger partial charge is 0.508 e. The number of hydrogen-bond acceptors (Lipinski definition) is 3. The molecule has 130 valence electrons. The van der Waals surface area contributed by atoms with Crippen molar-refractivity contribution in [3.05, 3.63) is 29.3 Å². The van der Waals surface area contributed by atoms with Crippen molar-refractivity contribution in [2.45, 2.75) is 68.9 Å². The van der Waals surface area contributed by atoms with Gasteiger partial charge in [-0.05, 0) is 81.2 Å². The van der Waals surface area contributed by atoms with Gasteiger partial charge in [0, 0.05) is 24.6 Å². The van der Waals surface area contributed by atoms with Crippen molar-refractivity contribution in [3.8, 4) is 5.75 Å². The number of piperidine rings is 1. The summed E-state index contributed by atoms with van der Waals surface area (Å²) in [5.74, 6) is 1.32. The van der Waals surface area contributed by atoms with E-state index in [9.17, 15) is 5.11 Å². The van der Waals surface area contributed by atoms with Gasteiger partial charge in [-0.15, -0.1) is 0 Å². The maximum atomic E-state index is 10.1. The fourth-order valence-electron chi connectivity index (χ4n) is 6.15. The van der Waals surface area contributed by atoms with E-state index in [0.29, 0.717) is 11.8 Å². The van der Waals surface area contributed by atoms with Crippen molar-refractivity contribution in [2.75, 3.05) is 19.7 Å². The van der Waals surface area contributed by atoms with E-state index in [1.165, 1.54) is 56.3 Å². The number of phenols is 1. The Bertz CT molecular complexity index is 655. The van der Waals surface area contributed by atoms with E-state index in [1.807, 2.05) is 12.1 Å². The molecule has 1 aromatic carbocycles. The van der Waals surface area contributed by atoms with Crippen molar-refractivity contribution in [3.63, 3.8) is 0 Å². The lowest BCUT2D eigenvalue weighted by molar-refractivity contribution is -0.199. The summed E-state index contributed by atoms with van der Waals surface area (Å²) in [5, 5.41) is 10.1. The standard InChI is InChI=1S/C21H29NO2/c1-20-19-12-16-6-7-17(23)13-18(16)21(20,8-3-11-24-20)9-10-22(19)14-15-4-2-5-15/h6-7,13,15,19,23H,2-5,8-12,14H2,1H3/t19-,20+,21+/m1/s1. The fourth-order valence-corrected chi connectivity index (χ4v) is 6.15. The predicted octanol–water partition coefficient (Wildman–Crippen LogP) is 3.63. The van der Waals surface area contributed by atoms with Gasteiger partial charge in [0.05, 0.1) is 5.60 Å². The SMILES string of the molecule is C[C@@]12OCCC[C@@]13CCN(CC1CCC1)[C@@H]2Cc1ccc(O)cc13. The first-order chi connectivity index (χ1) is 11.6. The Labute approximate surface area is 145 Å². The molecule has 2 heterocycles. The van der Waals surface area contributed by atoms with Gasteiger partial charge in [-0.3, -0.25) is 4.90 Å². The third-order valence-corrected chi connectivity index (χ3v) is 7.74. The molecule has 2 aliphatic heterocycles. The van der Waals surface area contributed by atoms with E-state index < -0.39 is 0 Å². The number of hydrogen-bond donors (Lipinski definition) is 1. The zero-order valence-corrected chi connectivity index (χ0v) is 14.8. The average Bonchev–Trinajstić information content (AvgIpc) is 2.53. The Morgan fingerprint density at radius 3 is 2.92 bits per heavy atom. The molecule has 4 aliphatic rings. The molecule has 24 heavy (non-hydrogen) atoms. The van der Waals surface area contributed by atoms with Crippen molar-refractivity contribution in [1.29, 1.82) is 0 Å². The molecule has 1 aromatic rings. The summed E-state index contributed by atoms with van der Waals surface area (Å²) in [6.07, 6.45) is 8.83. The maximum Gasteiger partial charge on any atom is 0.115 e. The highest BCUT2D eigenvalue weighted by atomic mass is 16.5. The number of benzene rings is 1. The van der Waals surface area contributed by atoms with Crippen LogP contribution < -0.4 is 0 Å². The molecule has 1 saturated carbocycles. The number of rotatable bonds is 2. The number of fused-ring (bicyclic) bond motifs is 1. The Hall–Kier alpha value is -1.06. The molecule has 3 heteroatoms. The van der Waals surface area contributed by atoms with E-state index >= 15 is 0 Å². The Balaban J connectivity index is 1.59. The maximum absolute atomic E-state index is 10.1. The first kappa shape index (κ1) is 15.2. The molecular weight excluding hydrogens is 298 g/mol. The van der Waals surface area contributed by atoms with Crippen LogP contribution in [0, 0.1) is 5.92 Å². The van der Waals surface area contributed by atoms with Crippen LogP contribution in [0.3, 0.4) is 0 Å². The van der Waals surface area contributed by atoms with E-state index in [1.54, 1.807) is 0 Å². The van der Waals surface area contributed by atoms with Crippen molar-refractivity contribution in [1.82, 2.24) is 4.90 Å².